The van der Waals surface area contributed by atoms with E-state index < -0.39 is 0 Å². The van der Waals surface area contributed by atoms with Crippen molar-refractivity contribution in [3.05, 3.63) is 57.8 Å². The summed E-state index contributed by atoms with van der Waals surface area (Å²) >= 11 is 1.72. The summed E-state index contributed by atoms with van der Waals surface area (Å²) in [5.74, 6) is 0.317. The number of halogens is 1. The van der Waals surface area contributed by atoms with Crippen molar-refractivity contribution in [2.45, 2.75) is 51.6 Å². The van der Waals surface area contributed by atoms with Crippen LogP contribution in [-0.2, 0) is 17.8 Å². The maximum absolute atomic E-state index is 13.1. The minimum Gasteiger partial charge on any atom is -0.335 e. The van der Waals surface area contributed by atoms with Crippen molar-refractivity contribution in [2.24, 2.45) is 5.41 Å². The lowest BCUT2D eigenvalue weighted by atomic mass is 9.93. The Morgan fingerprint density at radius 3 is 2.59 bits per heavy atom. The first kappa shape index (κ1) is 20.4. The minimum atomic E-state index is 0. The van der Waals surface area contributed by atoms with Gasteiger partial charge in [0.25, 0.3) is 0 Å². The van der Waals surface area contributed by atoms with Crippen LogP contribution in [0.1, 0.15) is 42.4 Å². The Labute approximate surface area is 172 Å². The third-order valence-corrected chi connectivity index (χ3v) is 6.86. The smallest absolute Gasteiger partial charge is 0.223 e. The van der Waals surface area contributed by atoms with Gasteiger partial charge in [0, 0.05) is 19.0 Å². The maximum atomic E-state index is 13.1. The van der Waals surface area contributed by atoms with E-state index in [9.17, 15) is 4.79 Å². The van der Waals surface area contributed by atoms with Gasteiger partial charge < -0.3 is 10.2 Å². The second kappa shape index (κ2) is 8.76. The molecule has 146 valence electrons. The van der Waals surface area contributed by atoms with Gasteiger partial charge in [0.05, 0.1) is 0 Å². The summed E-state index contributed by atoms with van der Waals surface area (Å²) in [6.45, 7) is 5.07. The fourth-order valence-electron chi connectivity index (χ4n) is 4.33. The van der Waals surface area contributed by atoms with Crippen LogP contribution in [0.4, 0.5) is 0 Å². The molecule has 1 saturated carbocycles. The van der Waals surface area contributed by atoms with Gasteiger partial charge in [-0.15, -0.1) is 12.4 Å². The van der Waals surface area contributed by atoms with E-state index in [-0.39, 0.29) is 12.4 Å². The molecule has 27 heavy (non-hydrogen) atoms. The van der Waals surface area contributed by atoms with Crippen LogP contribution in [0.15, 0.2) is 41.1 Å². The molecular weight excluding hydrogens is 376 g/mol. The topological polar surface area (TPSA) is 32.3 Å². The van der Waals surface area contributed by atoms with Gasteiger partial charge >= 0.3 is 0 Å². The number of amides is 1. The van der Waals surface area contributed by atoms with E-state index >= 15 is 0 Å². The average Bonchev–Trinajstić information content (AvgIpc) is 3.08. The predicted molar refractivity (Wildman–Crippen MR) is 115 cm³/mol. The van der Waals surface area contributed by atoms with E-state index in [0.29, 0.717) is 23.8 Å². The van der Waals surface area contributed by atoms with Gasteiger partial charge in [-0.3, -0.25) is 4.79 Å². The summed E-state index contributed by atoms with van der Waals surface area (Å²) in [4.78, 5) is 15.3. The van der Waals surface area contributed by atoms with E-state index in [1.165, 1.54) is 36.0 Å². The highest BCUT2D eigenvalue weighted by molar-refractivity contribution is 7.07. The summed E-state index contributed by atoms with van der Waals surface area (Å²) in [7, 11) is 0. The number of rotatable bonds is 6. The van der Waals surface area contributed by atoms with Crippen molar-refractivity contribution in [3.8, 4) is 0 Å². The number of nitrogens with zero attached hydrogens (tertiary/aromatic N) is 1. The molecule has 1 unspecified atom stereocenters. The van der Waals surface area contributed by atoms with Crippen LogP contribution in [0, 0.1) is 12.3 Å². The first-order chi connectivity index (χ1) is 12.7. The maximum Gasteiger partial charge on any atom is 0.223 e. The quantitative estimate of drug-likeness (QED) is 0.764. The number of benzene rings is 1. The Kier molecular flexibility index (Phi) is 6.61. The SMILES string of the molecule is Cc1ccc(CCC(=O)N(Cc2ccsc2)C2CC23CCNCC3)cc1.Cl. The Morgan fingerprint density at radius 2 is 1.93 bits per heavy atom. The third-order valence-electron chi connectivity index (χ3n) is 6.12. The molecule has 1 saturated heterocycles. The molecule has 2 heterocycles. The molecule has 1 spiro atoms. The number of hydrogen-bond donors (Lipinski definition) is 1. The zero-order valence-corrected chi connectivity index (χ0v) is 17.6. The van der Waals surface area contributed by atoms with Crippen molar-refractivity contribution in [1.82, 2.24) is 10.2 Å². The molecule has 5 heteroatoms. The molecule has 0 radical (unpaired) electrons. The molecule has 0 bridgehead atoms. The normalized spacial score (nSPS) is 20.1. The zero-order chi connectivity index (χ0) is 18.0. The molecule has 1 aromatic carbocycles. The lowest BCUT2D eigenvalue weighted by molar-refractivity contribution is -0.133. The van der Waals surface area contributed by atoms with Gasteiger partial charge in [0.1, 0.15) is 0 Å². The molecule has 2 aromatic rings. The number of carbonyl (C=O) groups is 1. The fraction of sp³-hybridized carbons (Fsp3) is 0.500. The number of carbonyl (C=O) groups excluding carboxylic acids is 1. The van der Waals surface area contributed by atoms with Crippen LogP contribution in [-0.4, -0.2) is 29.9 Å². The second-order valence-electron chi connectivity index (χ2n) is 7.97. The highest BCUT2D eigenvalue weighted by Crippen LogP contribution is 2.56. The lowest BCUT2D eigenvalue weighted by Gasteiger charge is -2.29. The first-order valence-electron chi connectivity index (χ1n) is 9.73. The van der Waals surface area contributed by atoms with Crippen LogP contribution in [0.5, 0.6) is 0 Å². The molecule has 1 N–H and O–H groups in total. The number of thiophene rings is 1. The average molecular weight is 405 g/mol. The van der Waals surface area contributed by atoms with Crippen molar-refractivity contribution in [1.29, 1.82) is 0 Å². The zero-order valence-electron chi connectivity index (χ0n) is 15.9. The summed E-state index contributed by atoms with van der Waals surface area (Å²) in [6, 6.07) is 11.2. The van der Waals surface area contributed by atoms with Gasteiger partial charge in [-0.05, 0) is 79.1 Å². The van der Waals surface area contributed by atoms with Crippen LogP contribution < -0.4 is 5.32 Å². The number of hydrogen-bond acceptors (Lipinski definition) is 3. The molecule has 1 amide bonds. The van der Waals surface area contributed by atoms with Crippen LogP contribution in [0.2, 0.25) is 0 Å². The number of nitrogens with one attached hydrogen (secondary N) is 1. The Morgan fingerprint density at radius 1 is 1.19 bits per heavy atom. The number of piperidine rings is 1. The van der Waals surface area contributed by atoms with E-state index in [1.807, 2.05) is 0 Å². The van der Waals surface area contributed by atoms with Crippen molar-refractivity contribution < 1.29 is 4.79 Å². The van der Waals surface area contributed by atoms with Gasteiger partial charge in [-0.25, -0.2) is 0 Å². The highest BCUT2D eigenvalue weighted by atomic mass is 35.5. The van der Waals surface area contributed by atoms with E-state index in [4.69, 9.17) is 0 Å². The van der Waals surface area contributed by atoms with Gasteiger partial charge in [-0.1, -0.05) is 29.8 Å². The molecule has 4 rings (SSSR count). The second-order valence-corrected chi connectivity index (χ2v) is 8.75. The molecule has 1 aliphatic carbocycles. The van der Waals surface area contributed by atoms with Gasteiger partial charge in [0.2, 0.25) is 5.91 Å². The van der Waals surface area contributed by atoms with Crippen LogP contribution >= 0.6 is 23.7 Å². The summed E-state index contributed by atoms with van der Waals surface area (Å²) in [5.41, 5.74) is 4.19. The summed E-state index contributed by atoms with van der Waals surface area (Å²) < 4.78 is 0. The Hall–Kier alpha value is -1.36. The molecule has 3 nitrogen and oxygen atoms in total. The van der Waals surface area contributed by atoms with Crippen molar-refractivity contribution in [3.63, 3.8) is 0 Å². The molecule has 2 fully saturated rings. The standard InChI is InChI=1S/C22H28N2OS.ClH/c1-17-2-4-18(5-3-17)6-7-21(25)24(15-19-8-13-26-16-19)20-14-22(20)9-11-23-12-10-22;/h2-5,8,13,16,20,23H,6-7,9-12,14-15H2,1H3;1H. The number of aryl methyl sites for hydroxylation is 2. The largest absolute Gasteiger partial charge is 0.335 e. The van der Waals surface area contributed by atoms with Gasteiger partial charge in [-0.2, -0.15) is 11.3 Å². The van der Waals surface area contributed by atoms with E-state index in [1.54, 1.807) is 11.3 Å². The van der Waals surface area contributed by atoms with Crippen LogP contribution in [0.25, 0.3) is 0 Å². The summed E-state index contributed by atoms with van der Waals surface area (Å²) in [6.07, 6.45) is 5.06. The van der Waals surface area contributed by atoms with Crippen molar-refractivity contribution in [2.75, 3.05) is 13.1 Å². The monoisotopic (exact) mass is 404 g/mol. The highest BCUT2D eigenvalue weighted by Gasteiger charge is 2.57. The van der Waals surface area contributed by atoms with E-state index in [0.717, 1.165) is 26.1 Å². The Balaban J connectivity index is 0.00000210. The Bertz CT molecular complexity index is 738. The first-order valence-corrected chi connectivity index (χ1v) is 10.7. The molecule has 1 aliphatic heterocycles. The fourth-order valence-corrected chi connectivity index (χ4v) is 4.99. The minimum absolute atomic E-state index is 0. The third kappa shape index (κ3) is 4.74. The van der Waals surface area contributed by atoms with Gasteiger partial charge in [0.15, 0.2) is 0 Å². The molecule has 2 aliphatic rings. The van der Waals surface area contributed by atoms with E-state index in [2.05, 4.69) is 58.2 Å². The molecule has 1 aromatic heterocycles. The molecule has 1 atom stereocenters. The lowest BCUT2D eigenvalue weighted by Crippen LogP contribution is -2.39. The molecular formula is C22H29ClN2OS. The predicted octanol–water partition coefficient (Wildman–Crippen LogP) is 4.58. The summed E-state index contributed by atoms with van der Waals surface area (Å²) in [5, 5.41) is 7.75. The van der Waals surface area contributed by atoms with Crippen LogP contribution in [0.3, 0.4) is 0 Å². The van der Waals surface area contributed by atoms with Crippen molar-refractivity contribution >= 4 is 29.7 Å².